The van der Waals surface area contributed by atoms with Crippen LogP contribution in [0.3, 0.4) is 0 Å². The van der Waals surface area contributed by atoms with Crippen molar-refractivity contribution >= 4 is 0 Å². The average Bonchev–Trinajstić information content (AvgIpc) is 2.58. The van der Waals surface area contributed by atoms with E-state index in [-0.39, 0.29) is 0 Å². The molecular formula is C19H36N2. The van der Waals surface area contributed by atoms with Crippen molar-refractivity contribution in [2.75, 3.05) is 6.54 Å². The lowest BCUT2D eigenvalue weighted by Gasteiger charge is -2.52. The minimum atomic E-state index is 0.518. The van der Waals surface area contributed by atoms with E-state index in [1.165, 1.54) is 44.9 Å². The van der Waals surface area contributed by atoms with Crippen molar-refractivity contribution in [2.24, 2.45) is 10.8 Å². The van der Waals surface area contributed by atoms with Gasteiger partial charge in [-0.05, 0) is 62.3 Å². The van der Waals surface area contributed by atoms with Crippen LogP contribution < -0.4 is 5.32 Å². The molecule has 1 N–H and O–H groups in total. The van der Waals surface area contributed by atoms with Crippen molar-refractivity contribution < 1.29 is 0 Å². The summed E-state index contributed by atoms with van der Waals surface area (Å²) >= 11 is 0. The van der Waals surface area contributed by atoms with Gasteiger partial charge in [-0.15, -0.1) is 0 Å². The van der Waals surface area contributed by atoms with Gasteiger partial charge >= 0.3 is 0 Å². The van der Waals surface area contributed by atoms with Crippen LogP contribution in [0.2, 0.25) is 0 Å². The van der Waals surface area contributed by atoms with Gasteiger partial charge in [0.1, 0.15) is 0 Å². The second kappa shape index (κ2) is 5.53. The van der Waals surface area contributed by atoms with Gasteiger partial charge in [0.05, 0.1) is 0 Å². The van der Waals surface area contributed by atoms with Gasteiger partial charge in [0.2, 0.25) is 0 Å². The number of hydrogen-bond acceptors (Lipinski definition) is 2. The van der Waals surface area contributed by atoms with Crippen LogP contribution in [0.15, 0.2) is 0 Å². The molecule has 2 aliphatic heterocycles. The topological polar surface area (TPSA) is 15.3 Å². The molecule has 0 aromatic heterocycles. The first-order valence-corrected chi connectivity index (χ1v) is 9.30. The van der Waals surface area contributed by atoms with Crippen molar-refractivity contribution in [1.82, 2.24) is 10.2 Å². The van der Waals surface area contributed by atoms with E-state index in [0.29, 0.717) is 10.8 Å². The van der Waals surface area contributed by atoms with Gasteiger partial charge in [-0.25, -0.2) is 0 Å². The van der Waals surface area contributed by atoms with Crippen LogP contribution >= 0.6 is 0 Å². The summed E-state index contributed by atoms with van der Waals surface area (Å²) in [5, 5.41) is 3.71. The predicted octanol–water partition coefficient (Wildman–Crippen LogP) is 4.20. The molecule has 2 unspecified atom stereocenters. The minimum Gasteiger partial charge on any atom is -0.314 e. The number of hydrogen-bond donors (Lipinski definition) is 1. The van der Waals surface area contributed by atoms with Crippen molar-refractivity contribution in [1.29, 1.82) is 0 Å². The fourth-order valence-corrected chi connectivity index (χ4v) is 6.26. The van der Waals surface area contributed by atoms with Crippen LogP contribution in [-0.4, -0.2) is 35.6 Å². The third-order valence-electron chi connectivity index (χ3n) is 6.24. The molecule has 0 aromatic rings. The molecule has 2 heterocycles. The molecule has 2 heteroatoms. The molecule has 3 fully saturated rings. The average molecular weight is 293 g/mol. The molecule has 0 aromatic carbocycles. The quantitative estimate of drug-likeness (QED) is 0.839. The molecule has 0 amide bonds. The van der Waals surface area contributed by atoms with Gasteiger partial charge in [0.15, 0.2) is 0 Å². The summed E-state index contributed by atoms with van der Waals surface area (Å²) in [6.45, 7) is 13.4. The summed E-state index contributed by atoms with van der Waals surface area (Å²) in [7, 11) is 0. The van der Waals surface area contributed by atoms with Crippen molar-refractivity contribution in [3.63, 3.8) is 0 Å². The van der Waals surface area contributed by atoms with Crippen LogP contribution in [0, 0.1) is 10.8 Å². The van der Waals surface area contributed by atoms with Gasteiger partial charge in [-0.2, -0.15) is 0 Å². The number of piperidine rings is 1. The summed E-state index contributed by atoms with van der Waals surface area (Å²) < 4.78 is 0. The van der Waals surface area contributed by atoms with E-state index in [9.17, 15) is 0 Å². The molecule has 3 aliphatic rings. The third-order valence-corrected chi connectivity index (χ3v) is 6.24. The Hall–Kier alpha value is -0.0800. The second-order valence-electron chi connectivity index (χ2n) is 9.63. The maximum absolute atomic E-state index is 3.71. The Kier molecular flexibility index (Phi) is 4.16. The van der Waals surface area contributed by atoms with E-state index in [4.69, 9.17) is 0 Å². The standard InChI is InChI=1S/C19H36N2/c1-6-20-14-9-15-7-8-16(10-14)21(15)17-11-18(2,3)13-19(4,5)12-17/h14-17,20H,6-13H2,1-5H3. The Bertz CT molecular complexity index is 344. The first kappa shape index (κ1) is 15.8. The minimum absolute atomic E-state index is 0.518. The Morgan fingerprint density at radius 1 is 0.905 bits per heavy atom. The van der Waals surface area contributed by atoms with E-state index < -0.39 is 0 Å². The summed E-state index contributed by atoms with van der Waals surface area (Å²) in [6, 6.07) is 3.35. The van der Waals surface area contributed by atoms with E-state index in [1.54, 1.807) is 0 Å². The SMILES string of the molecule is CCNC1CC2CCC(C1)N2C1CC(C)(C)CC(C)(C)C1. The molecule has 3 rings (SSSR count). The summed E-state index contributed by atoms with van der Waals surface area (Å²) in [6.07, 6.45) is 9.89. The molecule has 2 atom stereocenters. The molecule has 1 aliphatic carbocycles. The third kappa shape index (κ3) is 3.32. The largest absolute Gasteiger partial charge is 0.314 e. The highest BCUT2D eigenvalue weighted by Gasteiger charge is 2.48. The second-order valence-corrected chi connectivity index (χ2v) is 9.63. The lowest BCUT2D eigenvalue weighted by Crippen LogP contribution is -2.56. The first-order chi connectivity index (χ1) is 9.80. The van der Waals surface area contributed by atoms with Crippen LogP contribution in [-0.2, 0) is 0 Å². The van der Waals surface area contributed by atoms with Gasteiger partial charge in [0.25, 0.3) is 0 Å². The smallest absolute Gasteiger partial charge is 0.0116 e. The highest BCUT2D eigenvalue weighted by atomic mass is 15.3. The number of fused-ring (bicyclic) bond motifs is 2. The molecule has 0 spiro atoms. The first-order valence-electron chi connectivity index (χ1n) is 9.30. The predicted molar refractivity (Wildman–Crippen MR) is 90.5 cm³/mol. The number of rotatable bonds is 3. The highest BCUT2D eigenvalue weighted by Crippen LogP contribution is 2.50. The Morgan fingerprint density at radius 3 is 1.90 bits per heavy atom. The maximum Gasteiger partial charge on any atom is 0.0116 e. The highest BCUT2D eigenvalue weighted by molar-refractivity contribution is 5.03. The van der Waals surface area contributed by atoms with E-state index in [2.05, 4.69) is 44.8 Å². The van der Waals surface area contributed by atoms with Crippen molar-refractivity contribution in [2.45, 2.75) is 104 Å². The molecule has 1 saturated carbocycles. The van der Waals surface area contributed by atoms with E-state index in [1.807, 2.05) is 0 Å². The normalized spacial score (nSPS) is 39.6. The van der Waals surface area contributed by atoms with Crippen molar-refractivity contribution in [3.05, 3.63) is 0 Å². The van der Waals surface area contributed by atoms with Crippen LogP contribution in [0.1, 0.15) is 79.6 Å². The van der Waals surface area contributed by atoms with Crippen LogP contribution in [0.25, 0.3) is 0 Å². The van der Waals surface area contributed by atoms with Crippen LogP contribution in [0.4, 0.5) is 0 Å². The fraction of sp³-hybridized carbons (Fsp3) is 1.00. The summed E-state index contributed by atoms with van der Waals surface area (Å²) in [5.74, 6) is 0. The molecule has 21 heavy (non-hydrogen) atoms. The molecule has 0 radical (unpaired) electrons. The fourth-order valence-electron chi connectivity index (χ4n) is 6.26. The zero-order valence-electron chi connectivity index (χ0n) is 14.9. The number of nitrogens with zero attached hydrogens (tertiary/aromatic N) is 1. The van der Waals surface area contributed by atoms with Crippen LogP contribution in [0.5, 0.6) is 0 Å². The molecule has 2 saturated heterocycles. The van der Waals surface area contributed by atoms with Gasteiger partial charge in [-0.1, -0.05) is 34.6 Å². The molecule has 2 nitrogen and oxygen atoms in total. The molecule has 2 bridgehead atoms. The van der Waals surface area contributed by atoms with Crippen molar-refractivity contribution in [3.8, 4) is 0 Å². The zero-order chi connectivity index (χ0) is 15.3. The molecule has 122 valence electrons. The van der Waals surface area contributed by atoms with Gasteiger partial charge < -0.3 is 5.32 Å². The Morgan fingerprint density at radius 2 is 1.43 bits per heavy atom. The lowest BCUT2D eigenvalue weighted by atomic mass is 9.63. The monoisotopic (exact) mass is 292 g/mol. The maximum atomic E-state index is 3.71. The summed E-state index contributed by atoms with van der Waals surface area (Å²) in [5.41, 5.74) is 1.04. The Balaban J connectivity index is 1.73. The summed E-state index contributed by atoms with van der Waals surface area (Å²) in [4.78, 5) is 2.98. The Labute approximate surface area is 132 Å². The lowest BCUT2D eigenvalue weighted by molar-refractivity contribution is -0.0180. The molecular weight excluding hydrogens is 256 g/mol. The zero-order valence-corrected chi connectivity index (χ0v) is 14.9. The van der Waals surface area contributed by atoms with Gasteiger partial charge in [-0.3, -0.25) is 4.90 Å². The number of nitrogens with one attached hydrogen (secondary N) is 1. The van der Waals surface area contributed by atoms with E-state index >= 15 is 0 Å². The van der Waals surface area contributed by atoms with E-state index in [0.717, 1.165) is 30.7 Å². The van der Waals surface area contributed by atoms with Gasteiger partial charge in [0, 0.05) is 24.2 Å².